The molecule has 4 atom stereocenters. The van der Waals surface area contributed by atoms with Crippen LogP contribution in [0.2, 0.25) is 0 Å². The number of carbonyl (C=O) groups excluding carboxylic acids is 3. The van der Waals surface area contributed by atoms with Crippen molar-refractivity contribution in [3.63, 3.8) is 0 Å². The molecule has 0 saturated carbocycles. The van der Waals surface area contributed by atoms with E-state index in [1.54, 1.807) is 0 Å². The van der Waals surface area contributed by atoms with Crippen molar-refractivity contribution in [2.75, 3.05) is 11.9 Å². The molecule has 2 aromatic carbocycles. The highest BCUT2D eigenvalue weighted by Crippen LogP contribution is 2.53. The number of imide groups is 1. The highest BCUT2D eigenvalue weighted by Gasteiger charge is 2.70. The molecule has 1 spiro atoms. The second-order valence-electron chi connectivity index (χ2n) is 8.70. The summed E-state index contributed by atoms with van der Waals surface area (Å²) in [6.07, 6.45) is 0.275. The lowest BCUT2D eigenvalue weighted by Crippen LogP contribution is -2.53. The Morgan fingerprint density at radius 2 is 1.85 bits per heavy atom. The van der Waals surface area contributed by atoms with E-state index in [4.69, 9.17) is 0 Å². The van der Waals surface area contributed by atoms with Crippen LogP contribution in [0.3, 0.4) is 0 Å². The first-order chi connectivity index (χ1) is 15.8. The van der Waals surface area contributed by atoms with Crippen LogP contribution < -0.4 is 10.6 Å². The summed E-state index contributed by atoms with van der Waals surface area (Å²) in [7, 11) is 0. The van der Waals surface area contributed by atoms with Crippen LogP contribution in [0.4, 0.5) is 10.1 Å². The van der Waals surface area contributed by atoms with E-state index in [0.717, 1.165) is 5.56 Å². The van der Waals surface area contributed by atoms with Gasteiger partial charge in [-0.05, 0) is 36.6 Å². The minimum absolute atomic E-state index is 0.0573. The summed E-state index contributed by atoms with van der Waals surface area (Å²) in [5, 5.41) is 15.0. The van der Waals surface area contributed by atoms with Gasteiger partial charge in [0.05, 0.1) is 11.8 Å². The first-order valence-electron chi connectivity index (χ1n) is 10.8. The van der Waals surface area contributed by atoms with Crippen LogP contribution in [0.1, 0.15) is 24.0 Å². The van der Waals surface area contributed by atoms with Gasteiger partial charge in [-0.15, -0.1) is 0 Å². The van der Waals surface area contributed by atoms with E-state index in [-0.39, 0.29) is 24.9 Å². The summed E-state index contributed by atoms with van der Waals surface area (Å²) in [5.74, 6) is -5.09. The maximum absolute atomic E-state index is 14.2. The average molecular weight is 451 g/mol. The summed E-state index contributed by atoms with van der Waals surface area (Å²) in [6, 6.07) is 12.5. The van der Waals surface area contributed by atoms with E-state index in [1.165, 1.54) is 23.1 Å². The normalized spacial score (nSPS) is 27.7. The predicted octanol–water partition coefficient (Wildman–Crippen LogP) is 1.65. The largest absolute Gasteiger partial charge is 0.481 e. The molecule has 3 aliphatic rings. The van der Waals surface area contributed by atoms with Crippen molar-refractivity contribution in [3.8, 4) is 0 Å². The number of carboxylic acids is 1. The Labute approximate surface area is 188 Å². The van der Waals surface area contributed by atoms with Gasteiger partial charge in [0.2, 0.25) is 17.7 Å². The van der Waals surface area contributed by atoms with Crippen molar-refractivity contribution in [2.45, 2.75) is 30.8 Å². The minimum atomic E-state index is -1.63. The lowest BCUT2D eigenvalue weighted by molar-refractivity contribution is -0.143. The van der Waals surface area contributed by atoms with E-state index in [0.29, 0.717) is 12.1 Å². The fourth-order valence-electron chi connectivity index (χ4n) is 5.47. The summed E-state index contributed by atoms with van der Waals surface area (Å²) < 4.78 is 14.2. The van der Waals surface area contributed by atoms with Crippen molar-refractivity contribution in [3.05, 3.63) is 65.5 Å². The second-order valence-corrected chi connectivity index (χ2v) is 8.70. The van der Waals surface area contributed by atoms with Crippen molar-refractivity contribution < 1.29 is 28.7 Å². The molecule has 0 aliphatic carbocycles. The number of nitrogens with one attached hydrogen (secondary N) is 2. The Balaban J connectivity index is 1.53. The number of hydrogen-bond donors (Lipinski definition) is 3. The molecular weight excluding hydrogens is 429 g/mol. The molecule has 0 unspecified atom stereocenters. The van der Waals surface area contributed by atoms with Crippen molar-refractivity contribution in [2.24, 2.45) is 11.8 Å². The highest BCUT2D eigenvalue weighted by molar-refractivity contribution is 6.15. The molecular formula is C24H22FN3O5. The van der Waals surface area contributed by atoms with E-state index in [1.807, 2.05) is 30.3 Å². The summed E-state index contributed by atoms with van der Waals surface area (Å²) >= 11 is 0. The molecule has 2 fully saturated rings. The first kappa shape index (κ1) is 21.3. The number of halogens is 1. The average Bonchev–Trinajstić information content (AvgIpc) is 3.37. The molecule has 33 heavy (non-hydrogen) atoms. The highest BCUT2D eigenvalue weighted by atomic mass is 19.1. The zero-order valence-electron chi connectivity index (χ0n) is 17.6. The third-order valence-electron chi connectivity index (χ3n) is 6.90. The lowest BCUT2D eigenvalue weighted by Gasteiger charge is -2.29. The Morgan fingerprint density at radius 3 is 2.58 bits per heavy atom. The molecule has 3 aliphatic heterocycles. The SMILES string of the molecule is O=C(O)CC[C@@H]1N[C@@]2(C(=O)Nc3ccc(F)cc32)[C@@H]2C(=O)N(CCc3ccccc3)C(=O)[C@H]12. The van der Waals surface area contributed by atoms with Gasteiger partial charge in [0.1, 0.15) is 11.4 Å². The quantitative estimate of drug-likeness (QED) is 0.576. The van der Waals surface area contributed by atoms with Gasteiger partial charge < -0.3 is 10.4 Å². The van der Waals surface area contributed by atoms with Crippen LogP contribution in [0.25, 0.3) is 0 Å². The van der Waals surface area contributed by atoms with Gasteiger partial charge in [0, 0.05) is 30.3 Å². The number of amides is 3. The summed E-state index contributed by atoms with van der Waals surface area (Å²) in [6.45, 7) is 0.147. The molecule has 3 heterocycles. The smallest absolute Gasteiger partial charge is 0.303 e. The zero-order valence-corrected chi connectivity index (χ0v) is 17.6. The van der Waals surface area contributed by atoms with E-state index >= 15 is 0 Å². The minimum Gasteiger partial charge on any atom is -0.481 e. The van der Waals surface area contributed by atoms with Gasteiger partial charge in [-0.25, -0.2) is 4.39 Å². The molecule has 8 nitrogen and oxygen atoms in total. The Kier molecular flexibility index (Phi) is 5.01. The Hall–Kier alpha value is -3.59. The molecule has 0 radical (unpaired) electrons. The van der Waals surface area contributed by atoms with Gasteiger partial charge in [-0.2, -0.15) is 0 Å². The molecule has 5 rings (SSSR count). The summed E-state index contributed by atoms with van der Waals surface area (Å²) in [5.41, 5.74) is -0.0307. The molecule has 3 N–H and O–H groups in total. The van der Waals surface area contributed by atoms with Gasteiger partial charge >= 0.3 is 5.97 Å². The van der Waals surface area contributed by atoms with E-state index in [2.05, 4.69) is 10.6 Å². The number of carbonyl (C=O) groups is 4. The standard InChI is InChI=1S/C24H22FN3O5/c25-14-6-7-16-15(12-14)24(23(33)26-16)20-19(17(27-24)8-9-18(29)30)21(31)28(22(20)32)11-10-13-4-2-1-3-5-13/h1-7,12,17,19-20,27H,8-11H2,(H,26,33)(H,29,30)/t17-,19+,20-,24+/m0/s1. The number of aliphatic carboxylic acids is 1. The molecule has 0 bridgehead atoms. The van der Waals surface area contributed by atoms with Crippen LogP contribution in [-0.4, -0.2) is 46.3 Å². The van der Waals surface area contributed by atoms with Crippen LogP contribution >= 0.6 is 0 Å². The number of anilines is 1. The molecule has 2 saturated heterocycles. The topological polar surface area (TPSA) is 116 Å². The molecule has 9 heteroatoms. The summed E-state index contributed by atoms with van der Waals surface area (Å²) in [4.78, 5) is 52.6. The van der Waals surface area contributed by atoms with Crippen molar-refractivity contribution in [1.82, 2.24) is 10.2 Å². The zero-order chi connectivity index (χ0) is 23.3. The fraction of sp³-hybridized carbons (Fsp3) is 0.333. The van der Waals surface area contributed by atoms with Gasteiger partial charge in [-0.3, -0.25) is 29.4 Å². The van der Waals surface area contributed by atoms with Gasteiger partial charge in [0.15, 0.2) is 0 Å². The second kappa shape index (κ2) is 7.77. The number of rotatable bonds is 6. The number of carboxylic acid groups (broad SMARTS) is 1. The van der Waals surface area contributed by atoms with Crippen molar-refractivity contribution in [1.29, 1.82) is 0 Å². The van der Waals surface area contributed by atoms with Gasteiger partial charge in [-0.1, -0.05) is 30.3 Å². The fourth-order valence-corrected chi connectivity index (χ4v) is 5.47. The molecule has 3 amide bonds. The molecule has 0 aromatic heterocycles. The van der Waals surface area contributed by atoms with Crippen LogP contribution in [0, 0.1) is 17.7 Å². The predicted molar refractivity (Wildman–Crippen MR) is 114 cm³/mol. The van der Waals surface area contributed by atoms with E-state index < -0.39 is 52.9 Å². The number of nitrogens with zero attached hydrogens (tertiary/aromatic N) is 1. The maximum atomic E-state index is 14.2. The van der Waals surface area contributed by atoms with Crippen LogP contribution in [-0.2, 0) is 31.1 Å². The third-order valence-corrected chi connectivity index (χ3v) is 6.90. The van der Waals surface area contributed by atoms with Crippen LogP contribution in [0.15, 0.2) is 48.5 Å². The first-order valence-corrected chi connectivity index (χ1v) is 10.8. The van der Waals surface area contributed by atoms with Crippen LogP contribution in [0.5, 0.6) is 0 Å². The molecule has 2 aromatic rings. The maximum Gasteiger partial charge on any atom is 0.303 e. The number of benzene rings is 2. The number of fused-ring (bicyclic) bond motifs is 4. The number of hydrogen-bond acceptors (Lipinski definition) is 5. The Bertz CT molecular complexity index is 1170. The Morgan fingerprint density at radius 1 is 1.09 bits per heavy atom. The number of likely N-dealkylation sites (tertiary alicyclic amines) is 1. The monoisotopic (exact) mass is 451 g/mol. The lowest BCUT2D eigenvalue weighted by atomic mass is 9.76. The van der Waals surface area contributed by atoms with Gasteiger partial charge in [0.25, 0.3) is 0 Å². The van der Waals surface area contributed by atoms with E-state index in [9.17, 15) is 28.7 Å². The van der Waals surface area contributed by atoms with Crippen molar-refractivity contribution >= 4 is 29.4 Å². The molecule has 170 valence electrons. The third kappa shape index (κ3) is 3.22.